The Kier molecular flexibility index (Phi) is 6.26. The van der Waals surface area contributed by atoms with Gasteiger partial charge in [-0.1, -0.05) is 6.07 Å². The van der Waals surface area contributed by atoms with Gasteiger partial charge >= 0.3 is 0 Å². The molecule has 0 saturated carbocycles. The van der Waals surface area contributed by atoms with E-state index in [0.29, 0.717) is 5.69 Å². The van der Waals surface area contributed by atoms with Gasteiger partial charge in [0.1, 0.15) is 11.3 Å². The summed E-state index contributed by atoms with van der Waals surface area (Å²) >= 11 is 0. The average molecular weight is 317 g/mol. The van der Waals surface area contributed by atoms with E-state index in [1.165, 1.54) is 0 Å². The molecule has 2 aromatic heterocycles. The highest BCUT2D eigenvalue weighted by Crippen LogP contribution is 2.06. The van der Waals surface area contributed by atoms with Crippen molar-refractivity contribution in [2.24, 2.45) is 0 Å². The molecule has 3 heterocycles. The van der Waals surface area contributed by atoms with Crippen molar-refractivity contribution in [2.75, 3.05) is 13.1 Å². The topological polar surface area (TPSA) is 58.4 Å². The summed E-state index contributed by atoms with van der Waals surface area (Å²) in [6.07, 6.45) is 5.80. The van der Waals surface area contributed by atoms with Gasteiger partial charge < -0.3 is 15.0 Å². The number of carbonyl (C=O) groups is 1. The van der Waals surface area contributed by atoms with E-state index in [1.807, 2.05) is 28.8 Å². The molecule has 110 valence electrons. The van der Waals surface area contributed by atoms with Gasteiger partial charge in [0.2, 0.25) is 0 Å². The van der Waals surface area contributed by atoms with Gasteiger partial charge in [-0.15, -0.1) is 24.8 Å². The van der Waals surface area contributed by atoms with E-state index in [0.717, 1.165) is 31.6 Å². The third kappa shape index (κ3) is 3.62. The maximum atomic E-state index is 12.1. The van der Waals surface area contributed by atoms with Crippen molar-refractivity contribution >= 4 is 36.4 Å². The number of carbonyl (C=O) groups excluding carboxylic acids is 1. The van der Waals surface area contributed by atoms with Crippen LogP contribution in [0.4, 0.5) is 0 Å². The molecule has 0 unspecified atom stereocenters. The number of piperidine rings is 1. The Morgan fingerprint density at radius 2 is 2.25 bits per heavy atom. The first kappa shape index (κ1) is 16.8. The molecule has 0 spiro atoms. The van der Waals surface area contributed by atoms with Gasteiger partial charge in [-0.2, -0.15) is 0 Å². The van der Waals surface area contributed by atoms with E-state index >= 15 is 0 Å². The van der Waals surface area contributed by atoms with Crippen molar-refractivity contribution in [2.45, 2.75) is 18.9 Å². The van der Waals surface area contributed by atoms with Gasteiger partial charge in [-0.05, 0) is 31.5 Å². The highest BCUT2D eigenvalue weighted by atomic mass is 35.5. The summed E-state index contributed by atoms with van der Waals surface area (Å²) in [6, 6.07) is 5.94. The van der Waals surface area contributed by atoms with Gasteiger partial charge in [0.25, 0.3) is 5.91 Å². The molecule has 1 aliphatic rings. The minimum atomic E-state index is -0.0904. The Morgan fingerprint density at radius 3 is 2.95 bits per heavy atom. The van der Waals surface area contributed by atoms with Gasteiger partial charge in [0, 0.05) is 25.0 Å². The summed E-state index contributed by atoms with van der Waals surface area (Å²) in [5, 5.41) is 6.30. The molecule has 1 saturated heterocycles. The lowest BCUT2D eigenvalue weighted by molar-refractivity contribution is 0.0926. The minimum absolute atomic E-state index is 0. The van der Waals surface area contributed by atoms with Crippen molar-refractivity contribution in [1.82, 2.24) is 20.0 Å². The molecule has 0 bridgehead atoms. The van der Waals surface area contributed by atoms with Crippen LogP contribution < -0.4 is 10.6 Å². The molecule has 20 heavy (non-hydrogen) atoms. The molecule has 3 rings (SSSR count). The number of hydrogen-bond acceptors (Lipinski definition) is 3. The van der Waals surface area contributed by atoms with Crippen molar-refractivity contribution in [3.8, 4) is 0 Å². The smallest absolute Gasteiger partial charge is 0.271 e. The molecule has 0 aliphatic carbocycles. The Hall–Kier alpha value is -1.30. The SMILES string of the molecule is Cl.Cl.O=C(N[C@H]1CCCNC1)c1cn2ccccc2n1. The molecule has 1 fully saturated rings. The summed E-state index contributed by atoms with van der Waals surface area (Å²) in [5.74, 6) is -0.0904. The maximum absolute atomic E-state index is 12.1. The third-order valence-electron chi connectivity index (χ3n) is 3.23. The van der Waals surface area contributed by atoms with Gasteiger partial charge in [0.15, 0.2) is 0 Å². The van der Waals surface area contributed by atoms with Gasteiger partial charge in [-0.25, -0.2) is 4.98 Å². The predicted molar refractivity (Wildman–Crippen MR) is 83.0 cm³/mol. The normalized spacial score (nSPS) is 17.9. The Balaban J connectivity index is 0.000001000. The van der Waals surface area contributed by atoms with E-state index in [4.69, 9.17) is 0 Å². The van der Waals surface area contributed by atoms with E-state index in [9.17, 15) is 4.79 Å². The van der Waals surface area contributed by atoms with Crippen LogP contribution in [0.25, 0.3) is 5.65 Å². The summed E-state index contributed by atoms with van der Waals surface area (Å²) in [7, 11) is 0. The molecule has 2 N–H and O–H groups in total. The number of nitrogens with zero attached hydrogens (tertiary/aromatic N) is 2. The van der Waals surface area contributed by atoms with Crippen molar-refractivity contribution in [3.63, 3.8) is 0 Å². The molecule has 0 radical (unpaired) electrons. The van der Waals surface area contributed by atoms with Crippen LogP contribution in [0.5, 0.6) is 0 Å². The number of halogens is 2. The second kappa shape index (κ2) is 7.47. The fourth-order valence-electron chi connectivity index (χ4n) is 2.28. The number of imidazole rings is 1. The second-order valence-electron chi connectivity index (χ2n) is 4.61. The lowest BCUT2D eigenvalue weighted by atomic mass is 10.1. The Morgan fingerprint density at radius 1 is 1.40 bits per heavy atom. The summed E-state index contributed by atoms with van der Waals surface area (Å²) in [4.78, 5) is 16.4. The van der Waals surface area contributed by atoms with Crippen molar-refractivity contribution < 1.29 is 4.79 Å². The number of rotatable bonds is 2. The molecule has 1 amide bonds. The maximum Gasteiger partial charge on any atom is 0.271 e. The Labute approximate surface area is 130 Å². The van der Waals surface area contributed by atoms with Crippen LogP contribution in [0.3, 0.4) is 0 Å². The first-order valence-electron chi connectivity index (χ1n) is 6.28. The zero-order valence-electron chi connectivity index (χ0n) is 10.9. The van der Waals surface area contributed by atoms with E-state index in [1.54, 1.807) is 6.20 Å². The monoisotopic (exact) mass is 316 g/mol. The zero-order valence-corrected chi connectivity index (χ0v) is 12.5. The first-order valence-corrected chi connectivity index (χ1v) is 6.28. The molecular formula is C13H18Cl2N4O. The van der Waals surface area contributed by atoms with Gasteiger partial charge in [-0.3, -0.25) is 4.79 Å². The van der Waals surface area contributed by atoms with Crippen molar-refractivity contribution in [3.05, 3.63) is 36.3 Å². The largest absolute Gasteiger partial charge is 0.347 e. The lowest BCUT2D eigenvalue weighted by Crippen LogP contribution is -2.45. The van der Waals surface area contributed by atoms with Crippen LogP contribution in [-0.4, -0.2) is 34.4 Å². The summed E-state index contributed by atoms with van der Waals surface area (Å²) in [5.41, 5.74) is 1.27. The summed E-state index contributed by atoms with van der Waals surface area (Å²) < 4.78 is 1.86. The third-order valence-corrected chi connectivity index (χ3v) is 3.23. The van der Waals surface area contributed by atoms with Gasteiger partial charge in [0.05, 0.1) is 0 Å². The fourth-order valence-corrected chi connectivity index (χ4v) is 2.28. The van der Waals surface area contributed by atoms with Crippen molar-refractivity contribution in [1.29, 1.82) is 0 Å². The number of pyridine rings is 1. The molecule has 2 aromatic rings. The van der Waals surface area contributed by atoms with Crippen LogP contribution in [0.1, 0.15) is 23.3 Å². The van der Waals surface area contributed by atoms with E-state index < -0.39 is 0 Å². The number of aromatic nitrogens is 2. The number of nitrogens with one attached hydrogen (secondary N) is 2. The molecule has 7 heteroatoms. The highest BCUT2D eigenvalue weighted by Gasteiger charge is 2.17. The number of amides is 1. The number of fused-ring (bicyclic) bond motifs is 1. The van der Waals surface area contributed by atoms with E-state index in [-0.39, 0.29) is 36.8 Å². The first-order chi connectivity index (χ1) is 8.83. The lowest BCUT2D eigenvalue weighted by Gasteiger charge is -2.23. The van der Waals surface area contributed by atoms with Crippen LogP contribution in [-0.2, 0) is 0 Å². The Bertz CT molecular complexity index is 533. The van der Waals surface area contributed by atoms with Crippen LogP contribution >= 0.6 is 24.8 Å². The van der Waals surface area contributed by atoms with Crippen LogP contribution in [0, 0.1) is 0 Å². The number of hydrogen-bond donors (Lipinski definition) is 2. The molecule has 1 aliphatic heterocycles. The molecule has 0 aromatic carbocycles. The molecule has 1 atom stereocenters. The average Bonchev–Trinajstić information content (AvgIpc) is 2.84. The quantitative estimate of drug-likeness (QED) is 0.886. The molecular weight excluding hydrogens is 299 g/mol. The standard InChI is InChI=1S/C13H16N4O.2ClH/c18-13(15-10-4-3-6-14-8-10)11-9-17-7-2-1-5-12(17)16-11;;/h1-2,5,7,9-10,14H,3-4,6,8H2,(H,15,18);2*1H/t10-;;/m0../s1. The zero-order chi connectivity index (χ0) is 12.4. The predicted octanol–water partition coefficient (Wildman–Crippen LogP) is 1.66. The molecule has 5 nitrogen and oxygen atoms in total. The van der Waals surface area contributed by atoms with E-state index in [2.05, 4.69) is 15.6 Å². The fraction of sp³-hybridized carbons (Fsp3) is 0.385. The highest BCUT2D eigenvalue weighted by molar-refractivity contribution is 5.93. The van der Waals surface area contributed by atoms with Crippen LogP contribution in [0.15, 0.2) is 30.6 Å². The van der Waals surface area contributed by atoms with Crippen LogP contribution in [0.2, 0.25) is 0 Å². The minimum Gasteiger partial charge on any atom is -0.347 e. The second-order valence-corrected chi connectivity index (χ2v) is 4.61. The summed E-state index contributed by atoms with van der Waals surface area (Å²) in [6.45, 7) is 1.89.